The van der Waals surface area contributed by atoms with Gasteiger partial charge >= 0.3 is 0 Å². The number of amides is 4. The summed E-state index contributed by atoms with van der Waals surface area (Å²) >= 11 is 0. The van der Waals surface area contributed by atoms with Crippen LogP contribution in [0.2, 0.25) is 0 Å². The van der Waals surface area contributed by atoms with E-state index in [-0.39, 0.29) is 19.6 Å². The Morgan fingerprint density at radius 1 is 0.780 bits per heavy atom. The average molecular weight is 563 g/mol. The maximum atomic E-state index is 13.3. The van der Waals surface area contributed by atoms with E-state index >= 15 is 0 Å². The number of carbonyl (C=O) groups excluding carboxylic acids is 4. The lowest BCUT2D eigenvalue weighted by Crippen LogP contribution is -2.56. The Kier molecular flexibility index (Phi) is 11.4. The smallest absolute Gasteiger partial charge is 0.246 e. The second kappa shape index (κ2) is 14.9. The van der Waals surface area contributed by atoms with Gasteiger partial charge in [0.05, 0.1) is 25.0 Å². The second-order valence-electron chi connectivity index (χ2n) is 10.6. The summed E-state index contributed by atoms with van der Waals surface area (Å²) in [5, 5.41) is 10.1. The molecule has 3 rings (SSSR count). The number of nitrogens with one attached hydrogen (secondary N) is 4. The number of benzene rings is 3. The first-order valence-electron chi connectivity index (χ1n) is 13.4. The van der Waals surface area contributed by atoms with Crippen LogP contribution in [0.25, 0.3) is 10.8 Å². The maximum absolute atomic E-state index is 13.3. The fraction of sp³-hybridized carbons (Fsp3) is 0.355. The van der Waals surface area contributed by atoms with Crippen molar-refractivity contribution in [3.05, 3.63) is 83.9 Å². The third kappa shape index (κ3) is 10.3. The van der Waals surface area contributed by atoms with E-state index in [0.717, 1.165) is 21.9 Å². The van der Waals surface area contributed by atoms with Crippen LogP contribution in [0, 0.1) is 0 Å². The molecule has 10 heteroatoms. The van der Waals surface area contributed by atoms with Gasteiger partial charge < -0.3 is 20.7 Å². The third-order valence-electron chi connectivity index (χ3n) is 6.02. The van der Waals surface area contributed by atoms with Crippen molar-refractivity contribution >= 4 is 34.4 Å². The number of methoxy groups -OCH3 is 1. The van der Waals surface area contributed by atoms with Crippen molar-refractivity contribution in [1.82, 2.24) is 21.4 Å². The van der Waals surface area contributed by atoms with Crippen LogP contribution in [0.3, 0.4) is 0 Å². The number of carbonyl (C=O) groups is 4. The number of hydrogen-bond acceptors (Lipinski definition) is 6. The molecule has 0 spiro atoms. The Balaban J connectivity index is 1.69. The predicted molar refractivity (Wildman–Crippen MR) is 155 cm³/mol. The molecule has 3 aromatic rings. The average Bonchev–Trinajstić information content (AvgIpc) is 2.94. The Bertz CT molecular complexity index is 1330. The van der Waals surface area contributed by atoms with Gasteiger partial charge in [-0.05, 0) is 42.7 Å². The van der Waals surface area contributed by atoms with E-state index in [2.05, 4.69) is 21.4 Å². The summed E-state index contributed by atoms with van der Waals surface area (Å²) in [7, 11) is 1.41. The van der Waals surface area contributed by atoms with Crippen LogP contribution >= 0.6 is 0 Å². The van der Waals surface area contributed by atoms with Gasteiger partial charge in [-0.15, -0.1) is 0 Å². The Hall–Kier alpha value is -4.28. The van der Waals surface area contributed by atoms with Crippen LogP contribution in [0.1, 0.15) is 38.3 Å². The molecule has 0 aliphatic heterocycles. The van der Waals surface area contributed by atoms with Crippen LogP contribution in [0.4, 0.5) is 0 Å². The van der Waals surface area contributed by atoms with Crippen LogP contribution in [-0.4, -0.2) is 55.0 Å². The molecular weight excluding hydrogens is 524 g/mol. The summed E-state index contributed by atoms with van der Waals surface area (Å²) in [4.78, 5) is 57.1. The largest absolute Gasteiger partial charge is 0.382 e. The molecule has 0 aromatic heterocycles. The zero-order valence-electron chi connectivity index (χ0n) is 23.9. The molecule has 0 saturated carbocycles. The Labute approximate surface area is 240 Å². The molecule has 3 aromatic carbocycles. The first kappa shape index (κ1) is 31.3. The van der Waals surface area contributed by atoms with E-state index in [1.54, 1.807) is 45.0 Å². The standard InChI is InChI=1S/C31H38N4O6/c1-31(2,3)41-35-28(37)18-25(33-27(36)17-21-11-6-5-7-12-21)30(39)34-26(20-40-4)29(38)32-19-23-15-10-14-22-13-8-9-16-24(22)23/h5-16,25-26H,17-20H2,1-4H3,(H,32,38)(H,33,36)(H,34,39)(H,35,37)/t25-,26?/m0/s1. The molecule has 4 N–H and O–H groups in total. The first-order valence-corrected chi connectivity index (χ1v) is 13.4. The minimum absolute atomic E-state index is 0.0117. The second-order valence-corrected chi connectivity index (χ2v) is 10.6. The van der Waals surface area contributed by atoms with Gasteiger partial charge in [0.15, 0.2) is 0 Å². The van der Waals surface area contributed by atoms with Crippen molar-refractivity contribution in [2.24, 2.45) is 0 Å². The van der Waals surface area contributed by atoms with Crippen molar-refractivity contribution in [3.8, 4) is 0 Å². The molecule has 0 bridgehead atoms. The summed E-state index contributed by atoms with van der Waals surface area (Å²) in [5.74, 6) is -2.24. The van der Waals surface area contributed by atoms with E-state index in [0.29, 0.717) is 0 Å². The normalized spacial score (nSPS) is 12.7. The van der Waals surface area contributed by atoms with Crippen LogP contribution in [0.15, 0.2) is 72.8 Å². The van der Waals surface area contributed by atoms with E-state index in [1.165, 1.54) is 7.11 Å². The molecule has 2 atom stereocenters. The molecule has 0 fully saturated rings. The number of hydroxylamine groups is 1. The molecule has 0 saturated heterocycles. The number of ether oxygens (including phenoxy) is 1. The molecule has 41 heavy (non-hydrogen) atoms. The van der Waals surface area contributed by atoms with Gasteiger partial charge in [0.1, 0.15) is 12.1 Å². The summed E-state index contributed by atoms with van der Waals surface area (Å²) in [6.45, 7) is 5.39. The van der Waals surface area contributed by atoms with Gasteiger partial charge in [-0.3, -0.25) is 24.0 Å². The highest BCUT2D eigenvalue weighted by molar-refractivity contribution is 5.95. The van der Waals surface area contributed by atoms with E-state index in [4.69, 9.17) is 9.57 Å². The van der Waals surface area contributed by atoms with Gasteiger partial charge in [0.25, 0.3) is 0 Å². The van der Waals surface area contributed by atoms with E-state index in [9.17, 15) is 19.2 Å². The Morgan fingerprint density at radius 3 is 2.17 bits per heavy atom. The third-order valence-corrected chi connectivity index (χ3v) is 6.02. The Morgan fingerprint density at radius 2 is 1.46 bits per heavy atom. The van der Waals surface area contributed by atoms with Gasteiger partial charge in [-0.1, -0.05) is 72.8 Å². The van der Waals surface area contributed by atoms with E-state index in [1.807, 2.05) is 48.5 Å². The topological polar surface area (TPSA) is 135 Å². The quantitative estimate of drug-likeness (QED) is 0.237. The highest BCUT2D eigenvalue weighted by Gasteiger charge is 2.29. The molecule has 0 aliphatic carbocycles. The molecule has 218 valence electrons. The zero-order valence-corrected chi connectivity index (χ0v) is 23.9. The van der Waals surface area contributed by atoms with Crippen molar-refractivity contribution in [1.29, 1.82) is 0 Å². The number of hydrogen-bond donors (Lipinski definition) is 4. The molecule has 1 unspecified atom stereocenters. The zero-order chi connectivity index (χ0) is 29.8. The fourth-order valence-corrected chi connectivity index (χ4v) is 4.05. The van der Waals surface area contributed by atoms with E-state index < -0.39 is 47.7 Å². The lowest BCUT2D eigenvalue weighted by Gasteiger charge is -2.24. The van der Waals surface area contributed by atoms with Crippen molar-refractivity contribution in [2.75, 3.05) is 13.7 Å². The molecule has 0 radical (unpaired) electrons. The van der Waals surface area contributed by atoms with Gasteiger partial charge in [-0.2, -0.15) is 0 Å². The summed E-state index contributed by atoms with van der Waals surface area (Å²) in [6, 6.07) is 20.3. The van der Waals surface area contributed by atoms with Gasteiger partial charge in [-0.25, -0.2) is 5.48 Å². The summed E-state index contributed by atoms with van der Waals surface area (Å²) < 4.78 is 5.18. The van der Waals surface area contributed by atoms with Gasteiger partial charge in [0, 0.05) is 13.7 Å². The van der Waals surface area contributed by atoms with Crippen molar-refractivity contribution in [3.63, 3.8) is 0 Å². The molecule has 10 nitrogen and oxygen atoms in total. The first-order chi connectivity index (χ1) is 19.6. The molecular formula is C31H38N4O6. The van der Waals surface area contributed by atoms with Crippen molar-refractivity contribution in [2.45, 2.75) is 57.8 Å². The summed E-state index contributed by atoms with van der Waals surface area (Å²) in [6.07, 6.45) is -0.391. The molecule has 0 aliphatic rings. The lowest BCUT2D eigenvalue weighted by atomic mass is 10.0. The monoisotopic (exact) mass is 562 g/mol. The highest BCUT2D eigenvalue weighted by atomic mass is 16.7. The molecule has 0 heterocycles. The number of fused-ring (bicyclic) bond motifs is 1. The summed E-state index contributed by atoms with van der Waals surface area (Å²) in [5.41, 5.74) is 3.32. The minimum Gasteiger partial charge on any atom is -0.382 e. The van der Waals surface area contributed by atoms with Crippen LogP contribution in [-0.2, 0) is 41.7 Å². The fourth-order valence-electron chi connectivity index (χ4n) is 4.05. The number of rotatable bonds is 13. The molecule has 4 amide bonds. The predicted octanol–water partition coefficient (Wildman–Crippen LogP) is 2.55. The van der Waals surface area contributed by atoms with Crippen LogP contribution in [0.5, 0.6) is 0 Å². The van der Waals surface area contributed by atoms with Gasteiger partial charge in [0.2, 0.25) is 23.6 Å². The maximum Gasteiger partial charge on any atom is 0.246 e. The minimum atomic E-state index is -1.26. The SMILES string of the molecule is COCC(NC(=O)[C@H](CC(=O)NOC(C)(C)C)NC(=O)Cc1ccccc1)C(=O)NCc1cccc2ccccc12. The van der Waals surface area contributed by atoms with Crippen LogP contribution < -0.4 is 21.4 Å². The van der Waals surface area contributed by atoms with Crippen molar-refractivity contribution < 1.29 is 28.8 Å². The highest BCUT2D eigenvalue weighted by Crippen LogP contribution is 2.18. The lowest BCUT2D eigenvalue weighted by molar-refractivity contribution is -0.147.